The summed E-state index contributed by atoms with van der Waals surface area (Å²) in [6, 6.07) is 12.5. The number of halogens is 1. The number of benzene rings is 1. The molecular formula is C18H22ClN3O. The second kappa shape index (κ2) is 6.67. The van der Waals surface area contributed by atoms with Crippen molar-refractivity contribution in [2.24, 2.45) is 7.05 Å². The first-order valence-electron chi connectivity index (χ1n) is 7.95. The molecule has 1 amide bonds. The highest BCUT2D eigenvalue weighted by Crippen LogP contribution is 2.23. The fourth-order valence-corrected chi connectivity index (χ4v) is 3.48. The van der Waals surface area contributed by atoms with E-state index in [1.165, 1.54) is 5.69 Å². The van der Waals surface area contributed by atoms with E-state index in [9.17, 15) is 4.79 Å². The number of carbonyl (C=O) groups excluding carboxylic acids is 1. The Labute approximate surface area is 142 Å². The molecule has 1 aliphatic rings. The van der Waals surface area contributed by atoms with E-state index in [4.69, 9.17) is 11.6 Å². The first kappa shape index (κ1) is 15.9. The smallest absolute Gasteiger partial charge is 0.270 e. The largest absolute Gasteiger partial charge is 0.371 e. The van der Waals surface area contributed by atoms with Gasteiger partial charge in [0.25, 0.3) is 5.91 Å². The Bertz CT molecular complexity index is 675. The topological polar surface area (TPSA) is 28.5 Å². The summed E-state index contributed by atoms with van der Waals surface area (Å²) in [6.07, 6.45) is 3.73. The zero-order valence-corrected chi connectivity index (χ0v) is 14.3. The van der Waals surface area contributed by atoms with Gasteiger partial charge in [-0.2, -0.15) is 0 Å². The summed E-state index contributed by atoms with van der Waals surface area (Å²) in [5, 5.41) is 0.600. The molecule has 1 aromatic heterocycles. The summed E-state index contributed by atoms with van der Waals surface area (Å²) >= 11 is 5.99. The van der Waals surface area contributed by atoms with Crippen LogP contribution in [0.25, 0.3) is 0 Å². The number of nitrogens with zero attached hydrogens (tertiary/aromatic N) is 3. The predicted octanol–water partition coefficient (Wildman–Crippen LogP) is 3.42. The second-order valence-electron chi connectivity index (χ2n) is 6.12. The number of amides is 1. The molecule has 122 valence electrons. The van der Waals surface area contributed by atoms with E-state index in [0.717, 1.165) is 25.9 Å². The molecule has 3 rings (SSSR count). The van der Waals surface area contributed by atoms with E-state index in [2.05, 4.69) is 29.2 Å². The van der Waals surface area contributed by atoms with Crippen molar-refractivity contribution in [3.63, 3.8) is 0 Å². The van der Waals surface area contributed by atoms with Gasteiger partial charge in [0.2, 0.25) is 0 Å². The Kier molecular flexibility index (Phi) is 4.62. The van der Waals surface area contributed by atoms with Crippen LogP contribution in [0, 0.1) is 0 Å². The number of carbonyl (C=O) groups is 1. The Hall–Kier alpha value is -1.94. The molecule has 1 saturated heterocycles. The van der Waals surface area contributed by atoms with E-state index in [0.29, 0.717) is 10.7 Å². The lowest BCUT2D eigenvalue weighted by atomic mass is 10.0. The molecule has 0 unspecified atom stereocenters. The van der Waals surface area contributed by atoms with Crippen molar-refractivity contribution >= 4 is 23.2 Å². The number of rotatable bonds is 3. The third-order valence-corrected chi connectivity index (χ3v) is 4.85. The van der Waals surface area contributed by atoms with Crippen LogP contribution in [0.5, 0.6) is 0 Å². The summed E-state index contributed by atoms with van der Waals surface area (Å²) < 4.78 is 1.79. The van der Waals surface area contributed by atoms with E-state index in [-0.39, 0.29) is 11.9 Å². The van der Waals surface area contributed by atoms with Gasteiger partial charge in [-0.3, -0.25) is 4.79 Å². The van der Waals surface area contributed by atoms with Gasteiger partial charge in [-0.25, -0.2) is 0 Å². The van der Waals surface area contributed by atoms with Gasteiger partial charge in [0.1, 0.15) is 5.69 Å². The number of anilines is 1. The van der Waals surface area contributed by atoms with Crippen molar-refractivity contribution in [1.82, 2.24) is 9.47 Å². The Morgan fingerprint density at radius 3 is 2.43 bits per heavy atom. The average molecular weight is 332 g/mol. The van der Waals surface area contributed by atoms with Crippen molar-refractivity contribution in [2.45, 2.75) is 18.9 Å². The minimum atomic E-state index is 0.0394. The first-order chi connectivity index (χ1) is 11.1. The SMILES string of the molecule is CN(C(=O)c1cc(Cl)cn1C)C1CCN(c2ccccc2)CC1. The molecule has 0 saturated carbocycles. The van der Waals surface area contributed by atoms with Crippen molar-refractivity contribution in [3.8, 4) is 0 Å². The maximum absolute atomic E-state index is 12.7. The fraction of sp³-hybridized carbons (Fsp3) is 0.389. The minimum absolute atomic E-state index is 0.0394. The molecule has 0 radical (unpaired) electrons. The van der Waals surface area contributed by atoms with Crippen molar-refractivity contribution in [3.05, 3.63) is 53.3 Å². The highest BCUT2D eigenvalue weighted by Gasteiger charge is 2.27. The van der Waals surface area contributed by atoms with E-state index in [1.807, 2.05) is 25.1 Å². The van der Waals surface area contributed by atoms with Gasteiger partial charge < -0.3 is 14.4 Å². The lowest BCUT2D eigenvalue weighted by Gasteiger charge is -2.37. The predicted molar refractivity (Wildman–Crippen MR) is 94.2 cm³/mol. The van der Waals surface area contributed by atoms with Gasteiger partial charge in [0.15, 0.2) is 0 Å². The van der Waals surface area contributed by atoms with Crippen molar-refractivity contribution in [1.29, 1.82) is 0 Å². The molecule has 2 aromatic rings. The van der Waals surface area contributed by atoms with Gasteiger partial charge >= 0.3 is 0 Å². The van der Waals surface area contributed by atoms with Crippen LogP contribution in [-0.4, -0.2) is 41.6 Å². The molecule has 23 heavy (non-hydrogen) atoms. The van der Waals surface area contributed by atoms with Gasteiger partial charge in [0.05, 0.1) is 5.02 Å². The maximum Gasteiger partial charge on any atom is 0.270 e. The molecule has 0 atom stereocenters. The van der Waals surface area contributed by atoms with Crippen LogP contribution >= 0.6 is 11.6 Å². The molecule has 0 N–H and O–H groups in total. The normalized spacial score (nSPS) is 15.7. The van der Waals surface area contributed by atoms with Crippen LogP contribution in [0.1, 0.15) is 23.3 Å². The highest BCUT2D eigenvalue weighted by molar-refractivity contribution is 6.31. The number of piperidine rings is 1. The van der Waals surface area contributed by atoms with Crippen LogP contribution in [0.15, 0.2) is 42.6 Å². The minimum Gasteiger partial charge on any atom is -0.371 e. The summed E-state index contributed by atoms with van der Waals surface area (Å²) in [5.41, 5.74) is 1.90. The zero-order valence-electron chi connectivity index (χ0n) is 13.6. The maximum atomic E-state index is 12.7. The van der Waals surface area contributed by atoms with E-state index >= 15 is 0 Å². The van der Waals surface area contributed by atoms with Crippen LogP contribution in [0.3, 0.4) is 0 Å². The fourth-order valence-electron chi connectivity index (χ4n) is 3.23. The molecule has 2 heterocycles. The van der Waals surface area contributed by atoms with E-state index in [1.54, 1.807) is 16.8 Å². The molecular weight excluding hydrogens is 310 g/mol. The van der Waals surface area contributed by atoms with Crippen LogP contribution in [-0.2, 0) is 7.05 Å². The standard InChI is InChI=1S/C18H22ClN3O/c1-20-13-14(19)12-17(20)18(23)21(2)15-8-10-22(11-9-15)16-6-4-3-5-7-16/h3-7,12-13,15H,8-11H2,1-2H3. The number of hydrogen-bond donors (Lipinski definition) is 0. The van der Waals surface area contributed by atoms with Gasteiger partial charge in [-0.05, 0) is 31.0 Å². The van der Waals surface area contributed by atoms with Crippen molar-refractivity contribution in [2.75, 3.05) is 25.0 Å². The third-order valence-electron chi connectivity index (χ3n) is 4.64. The summed E-state index contributed by atoms with van der Waals surface area (Å²) in [6.45, 7) is 1.94. The molecule has 0 aliphatic carbocycles. The Morgan fingerprint density at radius 2 is 1.87 bits per heavy atom. The van der Waals surface area contributed by atoms with E-state index < -0.39 is 0 Å². The summed E-state index contributed by atoms with van der Waals surface area (Å²) in [7, 11) is 3.75. The first-order valence-corrected chi connectivity index (χ1v) is 8.33. The van der Waals surface area contributed by atoms with Crippen LogP contribution in [0.4, 0.5) is 5.69 Å². The summed E-state index contributed by atoms with van der Waals surface area (Å²) in [5.74, 6) is 0.0394. The van der Waals surface area contributed by atoms with Crippen LogP contribution < -0.4 is 4.90 Å². The van der Waals surface area contributed by atoms with Crippen LogP contribution in [0.2, 0.25) is 5.02 Å². The monoisotopic (exact) mass is 331 g/mol. The molecule has 1 aromatic carbocycles. The molecule has 1 fully saturated rings. The molecule has 1 aliphatic heterocycles. The van der Waals surface area contributed by atoms with Gasteiger partial charge in [-0.1, -0.05) is 29.8 Å². The zero-order chi connectivity index (χ0) is 16.4. The highest BCUT2D eigenvalue weighted by atomic mass is 35.5. The molecule has 5 heteroatoms. The van der Waals surface area contributed by atoms with Gasteiger partial charge in [-0.15, -0.1) is 0 Å². The number of aryl methyl sites for hydroxylation is 1. The molecule has 0 spiro atoms. The quantitative estimate of drug-likeness (QED) is 0.862. The second-order valence-corrected chi connectivity index (χ2v) is 6.56. The lowest BCUT2D eigenvalue weighted by Crippen LogP contribution is -2.46. The van der Waals surface area contributed by atoms with Crippen molar-refractivity contribution < 1.29 is 4.79 Å². The third kappa shape index (κ3) is 3.37. The average Bonchev–Trinajstić information content (AvgIpc) is 2.93. The number of hydrogen-bond acceptors (Lipinski definition) is 2. The molecule has 4 nitrogen and oxygen atoms in total. The van der Waals surface area contributed by atoms with Gasteiger partial charge in [0, 0.05) is 45.1 Å². The lowest BCUT2D eigenvalue weighted by molar-refractivity contribution is 0.0699. The Balaban J connectivity index is 1.63. The number of para-hydroxylation sites is 1. The molecule has 0 bridgehead atoms. The number of aromatic nitrogens is 1. The Morgan fingerprint density at radius 1 is 1.22 bits per heavy atom. The summed E-state index contributed by atoms with van der Waals surface area (Å²) in [4.78, 5) is 16.9.